The fraction of sp³-hybridized carbons (Fsp3) is 0.632. The van der Waals surface area contributed by atoms with Crippen LogP contribution >= 0.6 is 0 Å². The van der Waals surface area contributed by atoms with Crippen LogP contribution in [0.3, 0.4) is 0 Å². The van der Waals surface area contributed by atoms with Crippen molar-refractivity contribution < 1.29 is 4.79 Å². The molecule has 0 aromatic carbocycles. The molecule has 0 unspecified atom stereocenters. The van der Waals surface area contributed by atoms with Crippen molar-refractivity contribution in [3.8, 4) is 0 Å². The van der Waals surface area contributed by atoms with E-state index in [0.29, 0.717) is 18.5 Å². The highest BCUT2D eigenvalue weighted by atomic mass is 16.1. The average Bonchev–Trinajstić information content (AvgIpc) is 3.11. The van der Waals surface area contributed by atoms with Gasteiger partial charge in [0.25, 0.3) is 0 Å². The quantitative estimate of drug-likeness (QED) is 0.860. The van der Waals surface area contributed by atoms with Crippen molar-refractivity contribution in [3.05, 3.63) is 35.7 Å². The highest BCUT2D eigenvalue weighted by Gasteiger charge is 2.28. The minimum Gasteiger partial charge on any atom is -0.353 e. The summed E-state index contributed by atoms with van der Waals surface area (Å²) < 4.78 is 4.21. The highest BCUT2D eigenvalue weighted by Crippen LogP contribution is 2.26. The molecule has 1 aliphatic carbocycles. The Morgan fingerprint density at radius 1 is 1.31 bits per heavy atom. The summed E-state index contributed by atoms with van der Waals surface area (Å²) in [5.41, 5.74) is 2.11. The zero-order valence-electron chi connectivity index (χ0n) is 15.9. The molecule has 1 amide bonds. The molecule has 0 saturated heterocycles. The van der Waals surface area contributed by atoms with Crippen molar-refractivity contribution in [2.45, 2.75) is 71.2 Å². The molecule has 3 heterocycles. The Bertz CT molecular complexity index is 788. The fourth-order valence-corrected chi connectivity index (χ4v) is 3.54. The van der Waals surface area contributed by atoms with Gasteiger partial charge in [-0.2, -0.15) is 5.10 Å². The summed E-state index contributed by atoms with van der Waals surface area (Å²) in [5.74, 6) is 1.15. The number of carbonyl (C=O) groups excluding carboxylic acids is 1. The van der Waals surface area contributed by atoms with E-state index in [-0.39, 0.29) is 11.9 Å². The van der Waals surface area contributed by atoms with Crippen LogP contribution in [0.2, 0.25) is 0 Å². The van der Waals surface area contributed by atoms with Gasteiger partial charge in [0.2, 0.25) is 5.91 Å². The lowest BCUT2D eigenvalue weighted by molar-refractivity contribution is -0.120. The van der Waals surface area contributed by atoms with Gasteiger partial charge in [-0.15, -0.1) is 0 Å². The molecular formula is C19H28N6O. The van der Waals surface area contributed by atoms with Crippen LogP contribution in [0.25, 0.3) is 0 Å². The van der Waals surface area contributed by atoms with Crippen molar-refractivity contribution in [2.24, 2.45) is 0 Å². The summed E-state index contributed by atoms with van der Waals surface area (Å²) in [7, 11) is 0. The second-order valence-corrected chi connectivity index (χ2v) is 7.87. The molecule has 0 spiro atoms. The monoisotopic (exact) mass is 356 g/mol. The number of nitrogens with one attached hydrogen (secondary N) is 1. The van der Waals surface area contributed by atoms with E-state index in [2.05, 4.69) is 46.9 Å². The van der Waals surface area contributed by atoms with Crippen LogP contribution in [-0.4, -0.2) is 42.7 Å². The maximum atomic E-state index is 12.0. The Morgan fingerprint density at radius 2 is 2.12 bits per heavy atom. The van der Waals surface area contributed by atoms with E-state index in [9.17, 15) is 4.79 Å². The van der Waals surface area contributed by atoms with E-state index in [0.717, 1.165) is 44.0 Å². The Morgan fingerprint density at radius 3 is 2.81 bits per heavy atom. The van der Waals surface area contributed by atoms with Gasteiger partial charge in [0.15, 0.2) is 0 Å². The van der Waals surface area contributed by atoms with Crippen molar-refractivity contribution >= 4 is 5.91 Å². The Balaban J connectivity index is 1.42. The summed E-state index contributed by atoms with van der Waals surface area (Å²) in [6.45, 7) is 9.23. The van der Waals surface area contributed by atoms with Gasteiger partial charge >= 0.3 is 0 Å². The number of imidazole rings is 1. The van der Waals surface area contributed by atoms with E-state index in [4.69, 9.17) is 4.98 Å². The lowest BCUT2D eigenvalue weighted by Gasteiger charge is -2.33. The molecule has 7 heteroatoms. The van der Waals surface area contributed by atoms with E-state index >= 15 is 0 Å². The molecule has 140 valence electrons. The summed E-state index contributed by atoms with van der Waals surface area (Å²) in [6.07, 6.45) is 8.75. The number of hydrogen-bond donors (Lipinski definition) is 1. The number of carbonyl (C=O) groups is 1. The number of fused-ring (bicyclic) bond motifs is 1. The van der Waals surface area contributed by atoms with Crippen LogP contribution in [0.5, 0.6) is 0 Å². The first-order valence-electron chi connectivity index (χ1n) is 9.62. The molecule has 1 N–H and O–H groups in total. The van der Waals surface area contributed by atoms with Gasteiger partial charge in [-0.25, -0.2) is 4.98 Å². The molecule has 2 aromatic rings. The number of rotatable bonds is 6. The molecule has 1 aliphatic heterocycles. The number of aromatic nitrogens is 4. The molecule has 7 nitrogen and oxygen atoms in total. The topological polar surface area (TPSA) is 68.0 Å². The maximum Gasteiger partial charge on any atom is 0.226 e. The molecule has 26 heavy (non-hydrogen) atoms. The van der Waals surface area contributed by atoms with E-state index < -0.39 is 0 Å². The van der Waals surface area contributed by atoms with E-state index in [1.165, 1.54) is 5.56 Å². The normalized spacial score (nSPS) is 20.4. The molecule has 1 saturated carbocycles. The minimum atomic E-state index is 0.0913. The lowest BCUT2D eigenvalue weighted by atomic mass is 10.2. The first-order valence-corrected chi connectivity index (χ1v) is 9.62. The Hall–Kier alpha value is -2.15. The summed E-state index contributed by atoms with van der Waals surface area (Å²) in [4.78, 5) is 19.2. The fourth-order valence-electron chi connectivity index (χ4n) is 3.54. The molecule has 2 aliphatic rings. The van der Waals surface area contributed by atoms with Crippen LogP contribution in [0, 0.1) is 0 Å². The molecule has 0 bridgehead atoms. The summed E-state index contributed by atoms with van der Waals surface area (Å²) >= 11 is 0. The third-order valence-corrected chi connectivity index (χ3v) is 5.26. The van der Waals surface area contributed by atoms with Crippen LogP contribution in [0.4, 0.5) is 0 Å². The van der Waals surface area contributed by atoms with Gasteiger partial charge in [0.05, 0.1) is 24.4 Å². The zero-order valence-corrected chi connectivity index (χ0v) is 15.9. The molecule has 1 atom stereocenters. The van der Waals surface area contributed by atoms with E-state index in [1.54, 1.807) is 0 Å². The Kier molecular flexibility index (Phi) is 4.56. The SMILES string of the molecule is CC(C)n1cc(CN2CCn3cc(CC(=O)NC4CC4)nc3[C@@H]2C)cn1. The Labute approximate surface area is 154 Å². The average molecular weight is 356 g/mol. The first-order chi connectivity index (χ1) is 12.5. The van der Waals surface area contributed by atoms with Gasteiger partial charge < -0.3 is 9.88 Å². The van der Waals surface area contributed by atoms with Crippen molar-refractivity contribution in [2.75, 3.05) is 6.54 Å². The largest absolute Gasteiger partial charge is 0.353 e. The molecule has 1 fully saturated rings. The standard InChI is InChI=1S/C19H28N6O/c1-13(2)25-11-15(9-20-25)10-23-6-7-24-12-17(22-19(24)14(23)3)8-18(26)21-16-4-5-16/h9,11-14,16H,4-8,10H2,1-3H3,(H,21,26)/t14-/m0/s1. The third-order valence-electron chi connectivity index (χ3n) is 5.26. The molecule has 4 rings (SSSR count). The van der Waals surface area contributed by atoms with Crippen LogP contribution in [0.1, 0.15) is 62.8 Å². The van der Waals surface area contributed by atoms with Gasteiger partial charge in [-0.05, 0) is 33.6 Å². The summed E-state index contributed by atoms with van der Waals surface area (Å²) in [6, 6.07) is 1.01. The predicted octanol–water partition coefficient (Wildman–Crippen LogP) is 2.06. The van der Waals surface area contributed by atoms with Crippen LogP contribution in [-0.2, 0) is 24.3 Å². The number of amides is 1. The van der Waals surface area contributed by atoms with E-state index in [1.807, 2.05) is 17.1 Å². The second kappa shape index (κ2) is 6.87. The van der Waals surface area contributed by atoms with Crippen molar-refractivity contribution in [1.29, 1.82) is 0 Å². The zero-order chi connectivity index (χ0) is 18.3. The smallest absolute Gasteiger partial charge is 0.226 e. The number of nitrogens with zero attached hydrogens (tertiary/aromatic N) is 5. The third kappa shape index (κ3) is 3.67. The molecule has 0 radical (unpaired) electrons. The minimum absolute atomic E-state index is 0.0913. The maximum absolute atomic E-state index is 12.0. The molecule has 2 aromatic heterocycles. The van der Waals surface area contributed by atoms with Gasteiger partial charge in [0, 0.05) is 49.7 Å². The first kappa shape index (κ1) is 17.3. The van der Waals surface area contributed by atoms with Crippen LogP contribution in [0.15, 0.2) is 18.6 Å². The second-order valence-electron chi connectivity index (χ2n) is 7.87. The lowest BCUT2D eigenvalue weighted by Crippen LogP contribution is -2.36. The highest BCUT2D eigenvalue weighted by molar-refractivity contribution is 5.78. The summed E-state index contributed by atoms with van der Waals surface area (Å²) in [5, 5.41) is 7.48. The van der Waals surface area contributed by atoms with Crippen LogP contribution < -0.4 is 5.32 Å². The number of hydrogen-bond acceptors (Lipinski definition) is 4. The van der Waals surface area contributed by atoms with Crippen molar-refractivity contribution in [3.63, 3.8) is 0 Å². The van der Waals surface area contributed by atoms with Gasteiger partial charge in [-0.3, -0.25) is 14.4 Å². The van der Waals surface area contributed by atoms with Gasteiger partial charge in [-0.1, -0.05) is 0 Å². The van der Waals surface area contributed by atoms with Gasteiger partial charge in [0.1, 0.15) is 5.82 Å². The molecular weight excluding hydrogens is 328 g/mol. The predicted molar refractivity (Wildman–Crippen MR) is 98.5 cm³/mol. The van der Waals surface area contributed by atoms with Crippen molar-refractivity contribution in [1.82, 2.24) is 29.5 Å².